The van der Waals surface area contributed by atoms with E-state index in [1.54, 1.807) is 11.3 Å². The fourth-order valence-corrected chi connectivity index (χ4v) is 2.99. The summed E-state index contributed by atoms with van der Waals surface area (Å²) in [4.78, 5) is 13.3. The summed E-state index contributed by atoms with van der Waals surface area (Å²) in [6.45, 7) is 3.31. The number of nitrogens with zero attached hydrogens (tertiary/aromatic N) is 1. The molecular formula is C13H19N3O2S2. The van der Waals surface area contributed by atoms with Crippen LogP contribution in [-0.4, -0.2) is 35.3 Å². The maximum atomic E-state index is 12.2. The molecule has 5 nitrogen and oxygen atoms in total. The molecule has 0 bridgehead atoms. The third-order valence-corrected chi connectivity index (χ3v) is 4.48. The lowest BCUT2D eigenvalue weighted by atomic mass is 10.2. The van der Waals surface area contributed by atoms with Crippen LogP contribution in [0.25, 0.3) is 0 Å². The Morgan fingerprint density at radius 2 is 2.50 bits per heavy atom. The smallest absolute Gasteiger partial charge is 0.270 e. The Morgan fingerprint density at radius 3 is 3.05 bits per heavy atom. The lowest BCUT2D eigenvalue weighted by Crippen LogP contribution is -2.51. The summed E-state index contributed by atoms with van der Waals surface area (Å²) in [5.41, 5.74) is 9.05. The van der Waals surface area contributed by atoms with Gasteiger partial charge in [-0.2, -0.15) is 0 Å². The van der Waals surface area contributed by atoms with Crippen molar-refractivity contribution in [2.24, 2.45) is 5.73 Å². The van der Waals surface area contributed by atoms with Crippen LogP contribution in [0.1, 0.15) is 35.0 Å². The first kappa shape index (κ1) is 15.2. The van der Waals surface area contributed by atoms with Gasteiger partial charge in [0, 0.05) is 16.9 Å². The molecule has 1 unspecified atom stereocenters. The van der Waals surface area contributed by atoms with Crippen molar-refractivity contribution in [3.8, 4) is 0 Å². The van der Waals surface area contributed by atoms with Gasteiger partial charge in [0.25, 0.3) is 5.91 Å². The SMILES string of the molecule is CCc1cc(C(=O)NN(CC2CCCO2)C(N)=S)cs1. The van der Waals surface area contributed by atoms with Gasteiger partial charge in [0.1, 0.15) is 0 Å². The monoisotopic (exact) mass is 313 g/mol. The topological polar surface area (TPSA) is 67.6 Å². The predicted molar refractivity (Wildman–Crippen MR) is 83.6 cm³/mol. The third-order valence-electron chi connectivity index (χ3n) is 3.18. The van der Waals surface area contributed by atoms with Crippen LogP contribution in [0.15, 0.2) is 11.4 Å². The maximum absolute atomic E-state index is 12.2. The van der Waals surface area contributed by atoms with Gasteiger partial charge < -0.3 is 10.5 Å². The van der Waals surface area contributed by atoms with Crippen LogP contribution in [0, 0.1) is 0 Å². The summed E-state index contributed by atoms with van der Waals surface area (Å²) in [7, 11) is 0. The highest BCUT2D eigenvalue weighted by atomic mass is 32.1. The molecule has 2 heterocycles. The number of carbonyl (C=O) groups excluding carboxylic acids is 1. The number of rotatable bonds is 4. The average molecular weight is 313 g/mol. The molecule has 1 aromatic rings. The molecule has 1 aromatic heterocycles. The Kier molecular flexibility index (Phi) is 5.33. The van der Waals surface area contributed by atoms with E-state index in [2.05, 4.69) is 12.3 Å². The van der Waals surface area contributed by atoms with Gasteiger partial charge in [-0.25, -0.2) is 0 Å². The maximum Gasteiger partial charge on any atom is 0.270 e. The molecule has 110 valence electrons. The number of carbonyl (C=O) groups is 1. The summed E-state index contributed by atoms with van der Waals surface area (Å²) in [6, 6.07) is 1.89. The van der Waals surface area contributed by atoms with Crippen molar-refractivity contribution in [3.05, 3.63) is 21.9 Å². The van der Waals surface area contributed by atoms with Crippen molar-refractivity contribution in [2.45, 2.75) is 32.3 Å². The van der Waals surface area contributed by atoms with E-state index in [-0.39, 0.29) is 17.1 Å². The van der Waals surface area contributed by atoms with Crippen LogP contribution in [0.3, 0.4) is 0 Å². The highest BCUT2D eigenvalue weighted by Crippen LogP contribution is 2.16. The minimum absolute atomic E-state index is 0.0745. The van der Waals surface area contributed by atoms with E-state index in [1.807, 2.05) is 11.4 Å². The average Bonchev–Trinajstić information content (AvgIpc) is 3.08. The number of thiocarbonyl (C=S) groups is 1. The molecule has 1 amide bonds. The standard InChI is InChI=1S/C13H19N3O2S2/c1-2-11-6-9(8-20-11)12(17)15-16(13(14)19)7-10-4-3-5-18-10/h6,8,10H,2-5,7H2,1H3,(H2,14,19)(H,15,17). The van der Waals surface area contributed by atoms with E-state index in [0.717, 1.165) is 25.9 Å². The molecule has 0 radical (unpaired) electrons. The molecule has 1 aliphatic rings. The molecule has 1 aliphatic heterocycles. The first-order valence-electron chi connectivity index (χ1n) is 6.67. The van der Waals surface area contributed by atoms with E-state index in [4.69, 9.17) is 22.7 Å². The van der Waals surface area contributed by atoms with Gasteiger partial charge >= 0.3 is 0 Å². The van der Waals surface area contributed by atoms with Crippen LogP contribution in [0.4, 0.5) is 0 Å². The Bertz CT molecular complexity index is 484. The van der Waals surface area contributed by atoms with Crippen LogP contribution < -0.4 is 11.2 Å². The number of thiophene rings is 1. The number of nitrogens with two attached hydrogens (primary N) is 1. The summed E-state index contributed by atoms with van der Waals surface area (Å²) < 4.78 is 5.54. The molecule has 0 spiro atoms. The van der Waals surface area contributed by atoms with Gasteiger partial charge in [-0.1, -0.05) is 6.92 Å². The molecule has 1 atom stereocenters. The van der Waals surface area contributed by atoms with Crippen molar-refractivity contribution in [2.75, 3.05) is 13.2 Å². The second-order valence-corrected chi connectivity index (χ2v) is 6.09. The van der Waals surface area contributed by atoms with E-state index in [9.17, 15) is 4.79 Å². The predicted octanol–water partition coefficient (Wildman–Crippen LogP) is 1.68. The van der Waals surface area contributed by atoms with Crippen LogP contribution in [0.5, 0.6) is 0 Å². The van der Waals surface area contributed by atoms with Crippen molar-refractivity contribution in [3.63, 3.8) is 0 Å². The van der Waals surface area contributed by atoms with Gasteiger partial charge in [-0.15, -0.1) is 11.3 Å². The van der Waals surface area contributed by atoms with E-state index < -0.39 is 0 Å². The highest BCUT2D eigenvalue weighted by Gasteiger charge is 2.22. The Hall–Kier alpha value is -1.18. The zero-order chi connectivity index (χ0) is 14.5. The van der Waals surface area contributed by atoms with Gasteiger partial charge in [-0.3, -0.25) is 15.2 Å². The molecule has 0 aromatic carbocycles. The summed E-state index contributed by atoms with van der Waals surface area (Å²) in [5, 5.41) is 3.49. The molecule has 0 saturated carbocycles. The molecule has 20 heavy (non-hydrogen) atoms. The summed E-state index contributed by atoms with van der Waals surface area (Å²) in [5.74, 6) is -0.188. The van der Waals surface area contributed by atoms with Crippen LogP contribution in [-0.2, 0) is 11.2 Å². The minimum Gasteiger partial charge on any atom is -0.376 e. The van der Waals surface area contributed by atoms with Crippen LogP contribution >= 0.6 is 23.6 Å². The quantitative estimate of drug-likeness (QED) is 0.654. The zero-order valence-electron chi connectivity index (χ0n) is 11.4. The number of hydrogen-bond donors (Lipinski definition) is 2. The van der Waals surface area contributed by atoms with Crippen molar-refractivity contribution in [1.29, 1.82) is 0 Å². The zero-order valence-corrected chi connectivity index (χ0v) is 13.1. The Labute approximate surface area is 128 Å². The summed E-state index contributed by atoms with van der Waals surface area (Å²) >= 11 is 6.56. The van der Waals surface area contributed by atoms with E-state index in [0.29, 0.717) is 12.1 Å². The van der Waals surface area contributed by atoms with Gasteiger partial charge in [0.15, 0.2) is 5.11 Å². The minimum atomic E-state index is -0.188. The largest absolute Gasteiger partial charge is 0.376 e. The number of nitrogens with one attached hydrogen (secondary N) is 1. The molecule has 7 heteroatoms. The van der Waals surface area contributed by atoms with E-state index in [1.165, 1.54) is 9.89 Å². The van der Waals surface area contributed by atoms with Crippen molar-refractivity contribution >= 4 is 34.6 Å². The number of hydrogen-bond acceptors (Lipinski definition) is 4. The normalized spacial score (nSPS) is 17.9. The number of aryl methyl sites for hydroxylation is 1. The molecule has 1 saturated heterocycles. The third kappa shape index (κ3) is 3.91. The number of hydrazine groups is 1. The molecule has 2 rings (SSSR count). The lowest BCUT2D eigenvalue weighted by Gasteiger charge is -2.25. The first-order valence-corrected chi connectivity index (χ1v) is 7.96. The Balaban J connectivity index is 1.96. The molecule has 0 aliphatic carbocycles. The van der Waals surface area contributed by atoms with Gasteiger partial charge in [0.2, 0.25) is 0 Å². The number of ether oxygens (including phenoxy) is 1. The van der Waals surface area contributed by atoms with Crippen LogP contribution in [0.2, 0.25) is 0 Å². The Morgan fingerprint density at radius 1 is 1.70 bits per heavy atom. The van der Waals surface area contributed by atoms with Crippen molar-refractivity contribution in [1.82, 2.24) is 10.4 Å². The number of amides is 1. The van der Waals surface area contributed by atoms with Gasteiger partial charge in [-0.05, 0) is 37.5 Å². The highest BCUT2D eigenvalue weighted by molar-refractivity contribution is 7.80. The molecule has 3 N–H and O–H groups in total. The summed E-state index contributed by atoms with van der Waals surface area (Å²) in [6.07, 6.45) is 3.00. The van der Waals surface area contributed by atoms with E-state index >= 15 is 0 Å². The fraction of sp³-hybridized carbons (Fsp3) is 0.538. The first-order chi connectivity index (χ1) is 9.60. The van der Waals surface area contributed by atoms with Crippen molar-refractivity contribution < 1.29 is 9.53 Å². The van der Waals surface area contributed by atoms with Gasteiger partial charge in [0.05, 0.1) is 18.2 Å². The molecule has 1 fully saturated rings. The fourth-order valence-electron chi connectivity index (χ4n) is 2.05. The second kappa shape index (κ2) is 7.01. The second-order valence-electron chi connectivity index (χ2n) is 4.68. The molecular weight excluding hydrogens is 294 g/mol. The lowest BCUT2D eigenvalue weighted by molar-refractivity contribution is 0.0683.